The van der Waals surface area contributed by atoms with Crippen LogP contribution in [0.15, 0.2) is 42.6 Å². The largest absolute Gasteiger partial charge is 0.270 e. The zero-order valence-electron chi connectivity index (χ0n) is 8.75. The molecule has 0 amide bonds. The van der Waals surface area contributed by atoms with E-state index in [9.17, 15) is 10.1 Å². The zero-order valence-corrected chi connectivity index (χ0v) is 8.75. The summed E-state index contributed by atoms with van der Waals surface area (Å²) in [6.45, 7) is 1.95. The molecule has 4 heteroatoms. The number of hydrogen-bond acceptors (Lipinski definition) is 3. The van der Waals surface area contributed by atoms with Crippen molar-refractivity contribution in [3.63, 3.8) is 0 Å². The topological polar surface area (TPSA) is 56.0 Å². The lowest BCUT2D eigenvalue weighted by Gasteiger charge is -2.00. The molecule has 80 valence electrons. The first kappa shape index (κ1) is 10.3. The minimum Gasteiger partial charge on any atom is -0.258 e. The van der Waals surface area contributed by atoms with Gasteiger partial charge in [0.2, 0.25) is 0 Å². The number of nitro benzene ring substituents is 1. The van der Waals surface area contributed by atoms with Crippen LogP contribution in [0, 0.1) is 17.0 Å². The molecule has 1 aromatic heterocycles. The monoisotopic (exact) mass is 214 g/mol. The Morgan fingerprint density at radius 3 is 2.69 bits per heavy atom. The summed E-state index contributed by atoms with van der Waals surface area (Å²) < 4.78 is 0. The molecule has 0 radical (unpaired) electrons. The highest BCUT2D eigenvalue weighted by Crippen LogP contribution is 2.21. The fraction of sp³-hybridized carbons (Fsp3) is 0.0833. The maximum Gasteiger partial charge on any atom is 0.270 e. The highest BCUT2D eigenvalue weighted by molar-refractivity contribution is 5.62. The number of non-ortho nitro benzene ring substituents is 1. The predicted molar refractivity (Wildman–Crippen MR) is 61.1 cm³/mol. The Labute approximate surface area is 92.7 Å². The summed E-state index contributed by atoms with van der Waals surface area (Å²) in [5.74, 6) is 0. The van der Waals surface area contributed by atoms with Gasteiger partial charge in [-0.1, -0.05) is 18.2 Å². The van der Waals surface area contributed by atoms with Gasteiger partial charge in [0, 0.05) is 23.9 Å². The number of nitro groups is 1. The molecule has 0 bridgehead atoms. The number of rotatable bonds is 2. The number of aromatic nitrogens is 1. The highest BCUT2D eigenvalue weighted by atomic mass is 16.6. The van der Waals surface area contributed by atoms with Crippen LogP contribution in [0.4, 0.5) is 5.69 Å². The molecule has 0 N–H and O–H groups in total. The van der Waals surface area contributed by atoms with Crippen molar-refractivity contribution < 1.29 is 4.92 Å². The third-order valence-electron chi connectivity index (χ3n) is 2.26. The number of benzene rings is 1. The predicted octanol–water partition coefficient (Wildman–Crippen LogP) is 2.97. The molecule has 2 aromatic rings. The molecule has 0 aliphatic carbocycles. The number of aryl methyl sites for hydroxylation is 1. The van der Waals surface area contributed by atoms with Gasteiger partial charge in [-0.25, -0.2) is 0 Å². The quantitative estimate of drug-likeness (QED) is 0.570. The molecule has 0 unspecified atom stereocenters. The van der Waals surface area contributed by atoms with Gasteiger partial charge in [0.25, 0.3) is 5.69 Å². The third-order valence-corrected chi connectivity index (χ3v) is 2.26. The molecule has 0 saturated carbocycles. The molecule has 0 aliphatic rings. The molecule has 16 heavy (non-hydrogen) atoms. The number of nitrogens with zero attached hydrogens (tertiary/aromatic N) is 2. The van der Waals surface area contributed by atoms with Crippen molar-refractivity contribution in [3.8, 4) is 11.3 Å². The molecule has 1 aromatic carbocycles. The van der Waals surface area contributed by atoms with Crippen LogP contribution in [0.3, 0.4) is 0 Å². The van der Waals surface area contributed by atoms with E-state index < -0.39 is 4.92 Å². The lowest BCUT2D eigenvalue weighted by Crippen LogP contribution is -1.89. The molecule has 0 saturated heterocycles. The molecule has 0 fully saturated rings. The smallest absolute Gasteiger partial charge is 0.258 e. The Kier molecular flexibility index (Phi) is 2.64. The number of hydrogen-bond donors (Lipinski definition) is 0. The van der Waals surface area contributed by atoms with E-state index in [1.807, 2.05) is 25.1 Å². The van der Waals surface area contributed by atoms with Crippen molar-refractivity contribution in [1.82, 2.24) is 4.98 Å². The first-order valence-corrected chi connectivity index (χ1v) is 4.84. The first-order chi connectivity index (χ1) is 7.66. The van der Waals surface area contributed by atoms with Crippen LogP contribution in [-0.2, 0) is 0 Å². The Hall–Kier alpha value is -2.23. The van der Waals surface area contributed by atoms with Gasteiger partial charge in [-0.15, -0.1) is 0 Å². The van der Waals surface area contributed by atoms with Gasteiger partial charge >= 0.3 is 0 Å². The SMILES string of the molecule is Cc1ccc(-c2cccc([N+](=O)[O-])c2)nc1. The van der Waals surface area contributed by atoms with Crippen LogP contribution in [0.1, 0.15) is 5.56 Å². The second-order valence-electron chi connectivity index (χ2n) is 3.53. The van der Waals surface area contributed by atoms with Crippen LogP contribution >= 0.6 is 0 Å². The average Bonchev–Trinajstić information content (AvgIpc) is 2.30. The van der Waals surface area contributed by atoms with Crippen LogP contribution in [0.5, 0.6) is 0 Å². The van der Waals surface area contributed by atoms with Crippen LogP contribution in [-0.4, -0.2) is 9.91 Å². The summed E-state index contributed by atoms with van der Waals surface area (Å²) in [6, 6.07) is 10.3. The van der Waals surface area contributed by atoms with Crippen molar-refractivity contribution in [2.75, 3.05) is 0 Å². The maximum atomic E-state index is 10.6. The molecule has 0 spiro atoms. The molecule has 0 atom stereocenters. The Balaban J connectivity index is 2.44. The normalized spacial score (nSPS) is 10.1. The molecular formula is C12H10N2O2. The van der Waals surface area contributed by atoms with E-state index >= 15 is 0 Å². The van der Waals surface area contributed by atoms with Crippen LogP contribution < -0.4 is 0 Å². The van der Waals surface area contributed by atoms with E-state index in [4.69, 9.17) is 0 Å². The second-order valence-corrected chi connectivity index (χ2v) is 3.53. The van der Waals surface area contributed by atoms with Crippen molar-refractivity contribution in [2.24, 2.45) is 0 Å². The van der Waals surface area contributed by atoms with Gasteiger partial charge in [0.1, 0.15) is 0 Å². The summed E-state index contributed by atoms with van der Waals surface area (Å²) in [5, 5.41) is 10.6. The van der Waals surface area contributed by atoms with Crippen molar-refractivity contribution in [2.45, 2.75) is 6.92 Å². The van der Waals surface area contributed by atoms with Crippen molar-refractivity contribution >= 4 is 5.69 Å². The summed E-state index contributed by atoms with van der Waals surface area (Å²) >= 11 is 0. The fourth-order valence-corrected chi connectivity index (χ4v) is 1.42. The Bertz CT molecular complexity index is 521. The Morgan fingerprint density at radius 1 is 1.25 bits per heavy atom. The van der Waals surface area contributed by atoms with E-state index in [1.165, 1.54) is 12.1 Å². The maximum absolute atomic E-state index is 10.6. The van der Waals surface area contributed by atoms with Crippen LogP contribution in [0.2, 0.25) is 0 Å². The van der Waals surface area contributed by atoms with E-state index in [0.717, 1.165) is 16.8 Å². The van der Waals surface area contributed by atoms with E-state index in [-0.39, 0.29) is 5.69 Å². The second kappa shape index (κ2) is 4.10. The van der Waals surface area contributed by atoms with Gasteiger partial charge < -0.3 is 0 Å². The highest BCUT2D eigenvalue weighted by Gasteiger charge is 2.07. The third kappa shape index (κ3) is 2.06. The van der Waals surface area contributed by atoms with E-state index in [0.29, 0.717) is 0 Å². The van der Waals surface area contributed by atoms with Gasteiger partial charge in [-0.05, 0) is 18.6 Å². The lowest BCUT2D eigenvalue weighted by atomic mass is 10.1. The van der Waals surface area contributed by atoms with Gasteiger partial charge in [0.05, 0.1) is 10.6 Å². The zero-order chi connectivity index (χ0) is 11.5. The molecular weight excluding hydrogens is 204 g/mol. The van der Waals surface area contributed by atoms with Crippen molar-refractivity contribution in [3.05, 3.63) is 58.3 Å². The average molecular weight is 214 g/mol. The van der Waals surface area contributed by atoms with E-state index in [2.05, 4.69) is 4.98 Å². The summed E-state index contributed by atoms with van der Waals surface area (Å²) in [5.41, 5.74) is 2.65. The standard InChI is InChI=1S/C12H10N2O2/c1-9-5-6-12(13-8-9)10-3-2-4-11(7-10)14(15)16/h2-8H,1H3. The van der Waals surface area contributed by atoms with Crippen molar-refractivity contribution in [1.29, 1.82) is 0 Å². The fourth-order valence-electron chi connectivity index (χ4n) is 1.42. The van der Waals surface area contributed by atoms with Gasteiger partial charge in [-0.3, -0.25) is 15.1 Å². The molecule has 1 heterocycles. The molecule has 0 aliphatic heterocycles. The number of pyridine rings is 1. The first-order valence-electron chi connectivity index (χ1n) is 4.84. The summed E-state index contributed by atoms with van der Waals surface area (Å²) in [4.78, 5) is 14.4. The summed E-state index contributed by atoms with van der Waals surface area (Å²) in [6.07, 6.45) is 1.74. The van der Waals surface area contributed by atoms with E-state index in [1.54, 1.807) is 12.3 Å². The molecule has 2 rings (SSSR count). The Morgan fingerprint density at radius 2 is 2.06 bits per heavy atom. The summed E-state index contributed by atoms with van der Waals surface area (Å²) in [7, 11) is 0. The van der Waals surface area contributed by atoms with Gasteiger partial charge in [-0.2, -0.15) is 0 Å². The lowest BCUT2D eigenvalue weighted by molar-refractivity contribution is -0.384. The van der Waals surface area contributed by atoms with Crippen LogP contribution in [0.25, 0.3) is 11.3 Å². The minimum atomic E-state index is -0.405. The minimum absolute atomic E-state index is 0.0832. The van der Waals surface area contributed by atoms with Gasteiger partial charge in [0.15, 0.2) is 0 Å². The molecule has 4 nitrogen and oxygen atoms in total.